The third-order valence-electron chi connectivity index (χ3n) is 8.52. The summed E-state index contributed by atoms with van der Waals surface area (Å²) in [5.74, 6) is 0.729. The van der Waals surface area contributed by atoms with Crippen LogP contribution < -0.4 is 5.32 Å². The molecular weight excluding hydrogens is 548 g/mol. The summed E-state index contributed by atoms with van der Waals surface area (Å²) in [6.07, 6.45) is 9.22. The van der Waals surface area contributed by atoms with Crippen molar-refractivity contribution in [1.29, 1.82) is 0 Å². The molecule has 5 heterocycles. The van der Waals surface area contributed by atoms with E-state index < -0.39 is 5.60 Å². The highest BCUT2D eigenvalue weighted by atomic mass is 16.6. The average molecular weight is 589 g/mol. The van der Waals surface area contributed by atoms with Gasteiger partial charge in [-0.15, -0.1) is 0 Å². The molecule has 3 aromatic rings. The number of amides is 3. The first-order valence-electron chi connectivity index (χ1n) is 15.1. The van der Waals surface area contributed by atoms with Gasteiger partial charge in [-0.1, -0.05) is 19.3 Å². The van der Waals surface area contributed by atoms with Crippen LogP contribution in [0.1, 0.15) is 86.2 Å². The van der Waals surface area contributed by atoms with Crippen molar-refractivity contribution in [2.75, 3.05) is 32.5 Å². The third kappa shape index (κ3) is 5.74. The Morgan fingerprint density at radius 2 is 1.67 bits per heavy atom. The van der Waals surface area contributed by atoms with Gasteiger partial charge < -0.3 is 29.3 Å². The van der Waals surface area contributed by atoms with Crippen LogP contribution in [0.4, 0.5) is 16.6 Å². The molecule has 3 amide bonds. The monoisotopic (exact) mass is 588 g/mol. The number of fused-ring (bicyclic) bond motifs is 3. The Hall–Kier alpha value is -4.22. The molecule has 3 aliphatic rings. The van der Waals surface area contributed by atoms with Crippen LogP contribution in [0.2, 0.25) is 0 Å². The van der Waals surface area contributed by atoms with E-state index in [1.807, 2.05) is 31.7 Å². The lowest BCUT2D eigenvalue weighted by Crippen LogP contribution is -2.51. The molecule has 12 nitrogen and oxygen atoms in total. The van der Waals surface area contributed by atoms with Crippen molar-refractivity contribution < 1.29 is 19.1 Å². The molecule has 6 rings (SSSR count). The number of piperazine rings is 1. The van der Waals surface area contributed by atoms with Gasteiger partial charge in [0.05, 0.1) is 17.6 Å². The lowest BCUT2D eigenvalue weighted by molar-refractivity contribution is 0.0126. The minimum atomic E-state index is -0.555. The van der Waals surface area contributed by atoms with Crippen LogP contribution in [-0.4, -0.2) is 97.0 Å². The lowest BCUT2D eigenvalue weighted by Gasteiger charge is -2.35. The number of carbonyl (C=O) groups is 3. The smallest absolute Gasteiger partial charge is 0.410 e. The van der Waals surface area contributed by atoms with E-state index in [0.717, 1.165) is 43.1 Å². The van der Waals surface area contributed by atoms with Crippen LogP contribution in [0.15, 0.2) is 30.6 Å². The topological polar surface area (TPSA) is 126 Å². The van der Waals surface area contributed by atoms with Gasteiger partial charge >= 0.3 is 6.09 Å². The number of nitrogens with one attached hydrogen (secondary N) is 1. The van der Waals surface area contributed by atoms with E-state index in [-0.39, 0.29) is 36.0 Å². The van der Waals surface area contributed by atoms with E-state index in [4.69, 9.17) is 9.72 Å². The van der Waals surface area contributed by atoms with Crippen LogP contribution >= 0.6 is 0 Å². The lowest BCUT2D eigenvalue weighted by atomic mass is 9.95. The van der Waals surface area contributed by atoms with E-state index in [1.165, 1.54) is 6.42 Å². The van der Waals surface area contributed by atoms with Gasteiger partial charge in [0.2, 0.25) is 5.95 Å². The zero-order valence-corrected chi connectivity index (χ0v) is 25.5. The SMILES string of the molecule is CN(C)C(=O)c1cc2cnc(Nc3ccc(C(=O)N4CC5CC4CN5C(=O)OC(C)(C)C)cn3)nc2n1C1CCCCC1. The number of pyridine rings is 1. The maximum absolute atomic E-state index is 13.3. The van der Waals surface area contributed by atoms with Crippen molar-refractivity contribution in [3.8, 4) is 0 Å². The first-order chi connectivity index (χ1) is 20.5. The Balaban J connectivity index is 1.16. The fourth-order valence-electron chi connectivity index (χ4n) is 6.51. The summed E-state index contributed by atoms with van der Waals surface area (Å²) in [4.78, 5) is 57.9. The Bertz CT molecular complexity index is 1540. The van der Waals surface area contributed by atoms with Crippen molar-refractivity contribution in [1.82, 2.24) is 34.2 Å². The molecule has 1 saturated carbocycles. The zero-order valence-electron chi connectivity index (χ0n) is 25.5. The second kappa shape index (κ2) is 11.1. The molecule has 2 aliphatic heterocycles. The fraction of sp³-hybridized carbons (Fsp3) is 0.548. The number of hydrogen-bond acceptors (Lipinski definition) is 8. The first kappa shape index (κ1) is 28.9. The number of likely N-dealkylation sites (tertiary alicyclic amines) is 2. The molecule has 228 valence electrons. The van der Waals surface area contributed by atoms with Crippen molar-refractivity contribution in [3.05, 3.63) is 41.9 Å². The van der Waals surface area contributed by atoms with Crippen LogP contribution in [0.3, 0.4) is 0 Å². The van der Waals surface area contributed by atoms with E-state index >= 15 is 0 Å². The maximum Gasteiger partial charge on any atom is 0.410 e. The summed E-state index contributed by atoms with van der Waals surface area (Å²) in [6, 6.07) is 5.51. The number of nitrogens with zero attached hydrogens (tertiary/aromatic N) is 7. The second-order valence-corrected chi connectivity index (χ2v) is 13.1. The van der Waals surface area contributed by atoms with Crippen LogP contribution in [-0.2, 0) is 4.74 Å². The maximum atomic E-state index is 13.3. The molecule has 2 atom stereocenters. The number of hydrogen-bond donors (Lipinski definition) is 1. The molecule has 0 spiro atoms. The Morgan fingerprint density at radius 1 is 0.953 bits per heavy atom. The second-order valence-electron chi connectivity index (χ2n) is 13.1. The van der Waals surface area contributed by atoms with Gasteiger partial charge in [-0.05, 0) is 58.2 Å². The van der Waals surface area contributed by atoms with Gasteiger partial charge in [-0.2, -0.15) is 4.98 Å². The van der Waals surface area contributed by atoms with Gasteiger partial charge in [-0.3, -0.25) is 9.59 Å². The molecule has 2 bridgehead atoms. The first-order valence-corrected chi connectivity index (χ1v) is 15.1. The predicted molar refractivity (Wildman–Crippen MR) is 161 cm³/mol. The highest BCUT2D eigenvalue weighted by molar-refractivity contribution is 5.98. The summed E-state index contributed by atoms with van der Waals surface area (Å²) in [5.41, 5.74) is 1.28. The van der Waals surface area contributed by atoms with Crippen LogP contribution in [0.5, 0.6) is 0 Å². The van der Waals surface area contributed by atoms with Gasteiger partial charge in [0, 0.05) is 51.0 Å². The molecule has 1 aliphatic carbocycles. The highest BCUT2D eigenvalue weighted by Crippen LogP contribution is 2.35. The quantitative estimate of drug-likeness (QED) is 0.458. The predicted octanol–water partition coefficient (Wildman–Crippen LogP) is 4.61. The molecular formula is C31H40N8O4. The molecule has 1 N–H and O–H groups in total. The minimum absolute atomic E-state index is 0.0346. The van der Waals surface area contributed by atoms with Crippen molar-refractivity contribution >= 4 is 40.7 Å². The normalized spacial score (nSPS) is 20.5. The molecule has 0 radical (unpaired) electrons. The minimum Gasteiger partial charge on any atom is -0.444 e. The number of aromatic nitrogens is 4. The summed E-state index contributed by atoms with van der Waals surface area (Å²) in [7, 11) is 3.52. The highest BCUT2D eigenvalue weighted by Gasteiger charge is 2.48. The van der Waals surface area contributed by atoms with Gasteiger partial charge in [0.25, 0.3) is 11.8 Å². The molecule has 12 heteroatoms. The number of anilines is 2. The molecule has 0 aromatic carbocycles. The number of carbonyl (C=O) groups excluding carboxylic acids is 3. The standard InChI is InChI=1S/C31H40N8O4/c1-31(2,3)43-30(42)38-18-22-14-23(38)17-37(22)27(40)19-11-12-25(32-15-19)34-29-33-16-20-13-24(28(41)36(4)5)39(26(20)35-29)21-9-7-6-8-10-21/h11-13,15-16,21-23H,6-10,14,17-18H2,1-5H3,(H,32,33,34,35). The molecule has 3 aromatic heterocycles. The summed E-state index contributed by atoms with van der Waals surface area (Å²) >= 11 is 0. The van der Waals surface area contributed by atoms with Crippen LogP contribution in [0.25, 0.3) is 11.0 Å². The third-order valence-corrected chi connectivity index (χ3v) is 8.52. The number of rotatable bonds is 5. The zero-order chi connectivity index (χ0) is 30.5. The molecule has 3 fully saturated rings. The largest absolute Gasteiger partial charge is 0.444 e. The van der Waals surface area contributed by atoms with E-state index in [0.29, 0.717) is 36.1 Å². The van der Waals surface area contributed by atoms with Gasteiger partial charge in [-0.25, -0.2) is 14.8 Å². The fourth-order valence-corrected chi connectivity index (χ4v) is 6.51. The van der Waals surface area contributed by atoms with E-state index in [2.05, 4.69) is 19.9 Å². The Kier molecular flexibility index (Phi) is 7.47. The Morgan fingerprint density at radius 3 is 2.30 bits per heavy atom. The van der Waals surface area contributed by atoms with Crippen molar-refractivity contribution in [2.45, 2.75) is 83.0 Å². The van der Waals surface area contributed by atoms with E-state index in [9.17, 15) is 14.4 Å². The van der Waals surface area contributed by atoms with Gasteiger partial charge in [0.1, 0.15) is 22.8 Å². The summed E-state index contributed by atoms with van der Waals surface area (Å²) < 4.78 is 7.63. The van der Waals surface area contributed by atoms with Crippen molar-refractivity contribution in [2.24, 2.45) is 0 Å². The molecule has 2 saturated heterocycles. The van der Waals surface area contributed by atoms with Gasteiger partial charge in [0.15, 0.2) is 0 Å². The molecule has 43 heavy (non-hydrogen) atoms. The molecule has 2 unspecified atom stereocenters. The Labute approximate surface area is 251 Å². The van der Waals surface area contributed by atoms with Crippen molar-refractivity contribution in [3.63, 3.8) is 0 Å². The number of ether oxygens (including phenoxy) is 1. The summed E-state index contributed by atoms with van der Waals surface area (Å²) in [5, 5.41) is 3.98. The van der Waals surface area contributed by atoms with E-state index in [1.54, 1.807) is 48.4 Å². The summed E-state index contributed by atoms with van der Waals surface area (Å²) in [6.45, 7) is 6.51. The average Bonchev–Trinajstić information content (AvgIpc) is 3.69. The van der Waals surface area contributed by atoms with Crippen LogP contribution in [0, 0.1) is 0 Å².